The number of para-hydroxylation sites is 1. The predicted octanol–water partition coefficient (Wildman–Crippen LogP) is 4.53. The summed E-state index contributed by atoms with van der Waals surface area (Å²) in [6.45, 7) is 3.80. The molecule has 4 rings (SSSR count). The van der Waals surface area contributed by atoms with Crippen LogP contribution in [0.1, 0.15) is 16.7 Å². The van der Waals surface area contributed by atoms with Crippen molar-refractivity contribution in [1.29, 1.82) is 0 Å². The minimum atomic E-state index is 0. The van der Waals surface area contributed by atoms with Gasteiger partial charge in [0, 0.05) is 54.3 Å². The molecule has 4 aromatic rings. The molecule has 0 aliphatic heterocycles. The van der Waals surface area contributed by atoms with Gasteiger partial charge < -0.3 is 20.6 Å². The first-order valence-electron chi connectivity index (χ1n) is 9.81. The van der Waals surface area contributed by atoms with Crippen molar-refractivity contribution in [1.82, 2.24) is 20.6 Å². The maximum Gasteiger partial charge on any atom is 0.190 e. The first kappa shape index (κ1) is 21.2. The lowest BCUT2D eigenvalue weighted by Crippen LogP contribution is -2.39. The molecule has 0 unspecified atom stereocenters. The van der Waals surface area contributed by atoms with Gasteiger partial charge in [-0.2, -0.15) is 0 Å². The van der Waals surface area contributed by atoms with E-state index in [1.807, 2.05) is 7.05 Å². The number of nitrogens with one attached hydrogen (secondary N) is 4. The number of aromatic amines is 2. The normalized spacial score (nSPS) is 11.6. The largest absolute Gasteiger partial charge is 0.361 e. The molecule has 0 aliphatic rings. The number of rotatable bonds is 6. The predicted molar refractivity (Wildman–Crippen MR) is 134 cm³/mol. The summed E-state index contributed by atoms with van der Waals surface area (Å²) in [5.41, 5.74) is 6.33. The summed E-state index contributed by atoms with van der Waals surface area (Å²) < 4.78 is 0. The molecular formula is C23H28IN5. The van der Waals surface area contributed by atoms with E-state index in [0.29, 0.717) is 0 Å². The zero-order valence-corrected chi connectivity index (χ0v) is 19.2. The van der Waals surface area contributed by atoms with Gasteiger partial charge in [-0.1, -0.05) is 30.3 Å². The van der Waals surface area contributed by atoms with E-state index in [-0.39, 0.29) is 24.0 Å². The van der Waals surface area contributed by atoms with Crippen LogP contribution in [0.4, 0.5) is 0 Å². The van der Waals surface area contributed by atoms with E-state index < -0.39 is 0 Å². The molecule has 2 heterocycles. The molecule has 0 bridgehead atoms. The first-order chi connectivity index (χ1) is 13.7. The van der Waals surface area contributed by atoms with Crippen LogP contribution in [-0.4, -0.2) is 36.1 Å². The Labute approximate surface area is 188 Å². The third kappa shape index (κ3) is 4.93. The Morgan fingerprint density at radius 3 is 2.17 bits per heavy atom. The number of nitrogens with zero attached hydrogens (tertiary/aromatic N) is 1. The molecule has 6 heteroatoms. The van der Waals surface area contributed by atoms with Crippen molar-refractivity contribution in [2.75, 3.05) is 20.1 Å². The molecule has 5 nitrogen and oxygen atoms in total. The van der Waals surface area contributed by atoms with Gasteiger partial charge in [0.15, 0.2) is 5.96 Å². The van der Waals surface area contributed by atoms with Gasteiger partial charge in [0.25, 0.3) is 0 Å². The number of hydrogen-bond donors (Lipinski definition) is 4. The Morgan fingerprint density at radius 1 is 0.862 bits per heavy atom. The summed E-state index contributed by atoms with van der Waals surface area (Å²) in [5.74, 6) is 0.843. The monoisotopic (exact) mass is 501 g/mol. The number of fused-ring (bicyclic) bond motifs is 2. The fourth-order valence-electron chi connectivity index (χ4n) is 3.70. The molecule has 152 valence electrons. The molecule has 0 atom stereocenters. The van der Waals surface area contributed by atoms with Crippen LogP contribution in [0.15, 0.2) is 59.9 Å². The third-order valence-electron chi connectivity index (χ3n) is 5.20. The molecule has 0 saturated carbocycles. The van der Waals surface area contributed by atoms with Crippen LogP contribution >= 0.6 is 24.0 Å². The summed E-state index contributed by atoms with van der Waals surface area (Å²) in [6.07, 6.45) is 6.11. The van der Waals surface area contributed by atoms with E-state index in [1.165, 1.54) is 38.5 Å². The maximum absolute atomic E-state index is 4.34. The minimum Gasteiger partial charge on any atom is -0.361 e. The zero-order chi connectivity index (χ0) is 19.3. The molecule has 2 aromatic carbocycles. The standard InChI is InChI=1S/C23H27N5.HI/c1-16-7-8-20-18(15-28-22(20)13-16)10-12-26-23(24-2)25-11-9-17-14-27-21-6-4-3-5-19(17)21;/h3-8,13-15,27-28H,9-12H2,1-2H3,(H2,24,25,26);1H. The second kappa shape index (κ2) is 9.82. The molecule has 2 aromatic heterocycles. The number of guanidine groups is 1. The molecule has 0 spiro atoms. The minimum absolute atomic E-state index is 0. The summed E-state index contributed by atoms with van der Waals surface area (Å²) in [5, 5.41) is 9.43. The second-order valence-electron chi connectivity index (χ2n) is 7.15. The van der Waals surface area contributed by atoms with E-state index in [2.05, 4.69) is 87.4 Å². The molecule has 0 amide bonds. The number of hydrogen-bond acceptors (Lipinski definition) is 1. The van der Waals surface area contributed by atoms with E-state index >= 15 is 0 Å². The van der Waals surface area contributed by atoms with Crippen molar-refractivity contribution in [3.8, 4) is 0 Å². The van der Waals surface area contributed by atoms with Crippen LogP contribution < -0.4 is 10.6 Å². The lowest BCUT2D eigenvalue weighted by molar-refractivity contribution is 0.787. The molecule has 4 N–H and O–H groups in total. The zero-order valence-electron chi connectivity index (χ0n) is 16.9. The molecule has 29 heavy (non-hydrogen) atoms. The van der Waals surface area contributed by atoms with Crippen molar-refractivity contribution in [2.45, 2.75) is 19.8 Å². The SMILES string of the molecule is CN=C(NCCc1c[nH]c2ccccc12)NCCc1c[nH]c2cc(C)ccc12.I. The summed E-state index contributed by atoms with van der Waals surface area (Å²) in [6, 6.07) is 15.0. The van der Waals surface area contributed by atoms with Gasteiger partial charge in [-0.3, -0.25) is 4.99 Å². The van der Waals surface area contributed by atoms with Crippen molar-refractivity contribution in [2.24, 2.45) is 4.99 Å². The highest BCUT2D eigenvalue weighted by molar-refractivity contribution is 14.0. The van der Waals surface area contributed by atoms with Crippen molar-refractivity contribution < 1.29 is 0 Å². The fraction of sp³-hybridized carbons (Fsp3) is 0.261. The number of aryl methyl sites for hydroxylation is 1. The fourth-order valence-corrected chi connectivity index (χ4v) is 3.70. The van der Waals surface area contributed by atoms with Crippen LogP contribution in [0.5, 0.6) is 0 Å². The highest BCUT2D eigenvalue weighted by Gasteiger charge is 2.06. The van der Waals surface area contributed by atoms with E-state index in [1.54, 1.807) is 0 Å². The maximum atomic E-state index is 4.34. The van der Waals surface area contributed by atoms with Gasteiger partial charge >= 0.3 is 0 Å². The van der Waals surface area contributed by atoms with Gasteiger partial charge in [-0.15, -0.1) is 24.0 Å². The lowest BCUT2D eigenvalue weighted by Gasteiger charge is -2.11. The Bertz CT molecular complexity index is 1110. The van der Waals surface area contributed by atoms with Gasteiger partial charge in [0.05, 0.1) is 0 Å². The quantitative estimate of drug-likeness (QED) is 0.178. The second-order valence-corrected chi connectivity index (χ2v) is 7.15. The van der Waals surface area contributed by atoms with E-state index in [4.69, 9.17) is 0 Å². The van der Waals surface area contributed by atoms with Crippen LogP contribution in [0.25, 0.3) is 21.8 Å². The highest BCUT2D eigenvalue weighted by Crippen LogP contribution is 2.20. The van der Waals surface area contributed by atoms with Crippen molar-refractivity contribution >= 4 is 51.7 Å². The number of benzene rings is 2. The van der Waals surface area contributed by atoms with E-state index in [0.717, 1.165) is 31.9 Å². The molecule has 0 fully saturated rings. The number of aliphatic imine (C=N–C) groups is 1. The number of H-pyrrole nitrogens is 2. The first-order valence-corrected chi connectivity index (χ1v) is 9.81. The molecule has 0 aliphatic carbocycles. The smallest absolute Gasteiger partial charge is 0.190 e. The van der Waals surface area contributed by atoms with Crippen molar-refractivity contribution in [3.63, 3.8) is 0 Å². The Kier molecular flexibility index (Phi) is 7.19. The van der Waals surface area contributed by atoms with E-state index in [9.17, 15) is 0 Å². The number of halogens is 1. The van der Waals surface area contributed by atoms with Gasteiger partial charge in [0.2, 0.25) is 0 Å². The van der Waals surface area contributed by atoms with Crippen LogP contribution in [0, 0.1) is 6.92 Å². The Morgan fingerprint density at radius 2 is 1.48 bits per heavy atom. The molecule has 0 radical (unpaired) electrons. The summed E-state index contributed by atoms with van der Waals surface area (Å²) in [4.78, 5) is 11.0. The Balaban J connectivity index is 0.00000240. The lowest BCUT2D eigenvalue weighted by atomic mass is 10.1. The van der Waals surface area contributed by atoms with Crippen LogP contribution in [0.2, 0.25) is 0 Å². The van der Waals surface area contributed by atoms with Crippen LogP contribution in [-0.2, 0) is 12.8 Å². The summed E-state index contributed by atoms with van der Waals surface area (Å²) in [7, 11) is 1.81. The molecule has 0 saturated heterocycles. The average molecular weight is 501 g/mol. The third-order valence-corrected chi connectivity index (χ3v) is 5.20. The van der Waals surface area contributed by atoms with Gasteiger partial charge in [-0.25, -0.2) is 0 Å². The topological polar surface area (TPSA) is 68.0 Å². The van der Waals surface area contributed by atoms with Gasteiger partial charge in [0.1, 0.15) is 0 Å². The summed E-state index contributed by atoms with van der Waals surface area (Å²) >= 11 is 0. The highest BCUT2D eigenvalue weighted by atomic mass is 127. The number of aromatic nitrogens is 2. The van der Waals surface area contributed by atoms with Crippen LogP contribution in [0.3, 0.4) is 0 Å². The van der Waals surface area contributed by atoms with Gasteiger partial charge in [-0.05, 0) is 48.6 Å². The molecular weight excluding hydrogens is 473 g/mol. The Hall–Kier alpha value is -2.48. The van der Waals surface area contributed by atoms with Crippen molar-refractivity contribution in [3.05, 3.63) is 71.5 Å². The average Bonchev–Trinajstić information content (AvgIpc) is 3.31.